The lowest BCUT2D eigenvalue weighted by molar-refractivity contribution is -0.149. The predicted octanol–water partition coefficient (Wildman–Crippen LogP) is 1.52. The number of hydrogen-bond donors (Lipinski definition) is 1. The van der Waals surface area contributed by atoms with Crippen molar-refractivity contribution in [1.29, 1.82) is 0 Å². The fourth-order valence-electron chi connectivity index (χ4n) is 0.552. The molecule has 0 rings (SSSR count). The summed E-state index contributed by atoms with van der Waals surface area (Å²) in [5.41, 5.74) is 0. The van der Waals surface area contributed by atoms with E-state index in [1.165, 1.54) is 0 Å². The van der Waals surface area contributed by atoms with Gasteiger partial charge in [-0.15, -0.1) is 0 Å². The summed E-state index contributed by atoms with van der Waals surface area (Å²) in [5, 5.41) is 8.42. The summed E-state index contributed by atoms with van der Waals surface area (Å²) in [4.78, 5) is 10.2. The first-order valence-electron chi connectivity index (χ1n) is 3.88. The second-order valence-corrected chi connectivity index (χ2v) is 3.03. The standard InChI is InChI=1S/C8H16O3/c1-6(2)4-5-11-7(3)8(9)10/h6-7H,4-5H2,1-3H3,(H,9,10)/t7-/m0/s1. The SMILES string of the molecule is CC(C)CCO[C@@H](C)C(=O)O. The summed E-state index contributed by atoms with van der Waals surface area (Å²) in [7, 11) is 0. The van der Waals surface area contributed by atoms with Crippen LogP contribution in [-0.4, -0.2) is 23.8 Å². The molecule has 0 fully saturated rings. The Labute approximate surface area is 67.4 Å². The smallest absolute Gasteiger partial charge is 0.332 e. The van der Waals surface area contributed by atoms with Crippen LogP contribution in [0.2, 0.25) is 0 Å². The monoisotopic (exact) mass is 160 g/mol. The zero-order chi connectivity index (χ0) is 8.85. The molecule has 0 aliphatic carbocycles. The van der Waals surface area contributed by atoms with E-state index in [1.807, 2.05) is 0 Å². The van der Waals surface area contributed by atoms with Crippen LogP contribution in [0.1, 0.15) is 27.2 Å². The Hall–Kier alpha value is -0.570. The molecule has 0 aliphatic heterocycles. The van der Waals surface area contributed by atoms with Gasteiger partial charge in [0.1, 0.15) is 0 Å². The highest BCUT2D eigenvalue weighted by molar-refractivity contribution is 5.71. The third-order valence-corrected chi connectivity index (χ3v) is 1.41. The first-order chi connectivity index (χ1) is 5.04. The van der Waals surface area contributed by atoms with Gasteiger partial charge in [-0.2, -0.15) is 0 Å². The van der Waals surface area contributed by atoms with Crippen molar-refractivity contribution in [1.82, 2.24) is 0 Å². The van der Waals surface area contributed by atoms with Crippen LogP contribution in [0.5, 0.6) is 0 Å². The van der Waals surface area contributed by atoms with Crippen LogP contribution in [0.3, 0.4) is 0 Å². The molecule has 0 spiro atoms. The number of carbonyl (C=O) groups is 1. The lowest BCUT2D eigenvalue weighted by atomic mass is 10.1. The number of ether oxygens (including phenoxy) is 1. The van der Waals surface area contributed by atoms with Crippen LogP contribution in [0.4, 0.5) is 0 Å². The third kappa shape index (κ3) is 5.85. The molecule has 0 aromatic carbocycles. The van der Waals surface area contributed by atoms with E-state index < -0.39 is 12.1 Å². The summed E-state index contributed by atoms with van der Waals surface area (Å²) in [5.74, 6) is -0.329. The summed E-state index contributed by atoms with van der Waals surface area (Å²) in [6, 6.07) is 0. The van der Waals surface area contributed by atoms with Crippen molar-refractivity contribution in [3.05, 3.63) is 0 Å². The summed E-state index contributed by atoms with van der Waals surface area (Å²) in [6.07, 6.45) is 0.242. The van der Waals surface area contributed by atoms with Gasteiger partial charge in [0, 0.05) is 6.61 Å². The maximum absolute atomic E-state index is 10.2. The molecule has 3 nitrogen and oxygen atoms in total. The van der Waals surface area contributed by atoms with Crippen LogP contribution in [0, 0.1) is 5.92 Å². The van der Waals surface area contributed by atoms with Gasteiger partial charge in [0.2, 0.25) is 0 Å². The van der Waals surface area contributed by atoms with Gasteiger partial charge in [-0.3, -0.25) is 0 Å². The van der Waals surface area contributed by atoms with Gasteiger partial charge >= 0.3 is 5.97 Å². The van der Waals surface area contributed by atoms with Crippen LogP contribution >= 0.6 is 0 Å². The Bertz CT molecular complexity index is 121. The van der Waals surface area contributed by atoms with Crippen LogP contribution < -0.4 is 0 Å². The average molecular weight is 160 g/mol. The van der Waals surface area contributed by atoms with Gasteiger partial charge in [0.15, 0.2) is 6.10 Å². The predicted molar refractivity (Wildman–Crippen MR) is 42.5 cm³/mol. The van der Waals surface area contributed by atoms with E-state index in [0.29, 0.717) is 12.5 Å². The van der Waals surface area contributed by atoms with E-state index in [0.717, 1.165) is 6.42 Å². The van der Waals surface area contributed by atoms with Gasteiger partial charge in [-0.05, 0) is 19.3 Å². The number of rotatable bonds is 5. The zero-order valence-electron chi connectivity index (χ0n) is 7.33. The minimum absolute atomic E-state index is 0.533. The maximum Gasteiger partial charge on any atom is 0.332 e. The summed E-state index contributed by atoms with van der Waals surface area (Å²) >= 11 is 0. The molecule has 0 saturated carbocycles. The molecule has 0 aliphatic rings. The fraction of sp³-hybridized carbons (Fsp3) is 0.875. The minimum atomic E-state index is -0.895. The Kier molecular flexibility index (Phi) is 4.86. The molecular weight excluding hydrogens is 144 g/mol. The molecule has 3 heteroatoms. The summed E-state index contributed by atoms with van der Waals surface area (Å²) < 4.78 is 5.01. The Morgan fingerprint density at radius 1 is 1.45 bits per heavy atom. The number of carboxylic acid groups (broad SMARTS) is 1. The van der Waals surface area contributed by atoms with Crippen molar-refractivity contribution < 1.29 is 14.6 Å². The van der Waals surface area contributed by atoms with E-state index in [1.54, 1.807) is 6.92 Å². The molecule has 0 unspecified atom stereocenters. The largest absolute Gasteiger partial charge is 0.479 e. The van der Waals surface area contributed by atoms with E-state index in [2.05, 4.69) is 13.8 Å². The quantitative estimate of drug-likeness (QED) is 0.663. The minimum Gasteiger partial charge on any atom is -0.479 e. The molecule has 1 N–H and O–H groups in total. The highest BCUT2D eigenvalue weighted by Crippen LogP contribution is 2.00. The molecule has 1 atom stereocenters. The second-order valence-electron chi connectivity index (χ2n) is 3.03. The highest BCUT2D eigenvalue weighted by atomic mass is 16.5. The van der Waals surface area contributed by atoms with E-state index in [9.17, 15) is 4.79 Å². The molecule has 0 amide bonds. The Balaban J connectivity index is 3.31. The lowest BCUT2D eigenvalue weighted by Crippen LogP contribution is -2.20. The molecule has 0 heterocycles. The Morgan fingerprint density at radius 3 is 2.36 bits per heavy atom. The molecule has 0 bridgehead atoms. The molecular formula is C8H16O3. The molecule has 11 heavy (non-hydrogen) atoms. The second kappa shape index (κ2) is 5.13. The van der Waals surface area contributed by atoms with Crippen molar-refractivity contribution in [2.24, 2.45) is 5.92 Å². The van der Waals surface area contributed by atoms with Gasteiger partial charge in [-0.25, -0.2) is 4.79 Å². The van der Waals surface area contributed by atoms with Crippen molar-refractivity contribution in [2.75, 3.05) is 6.61 Å². The number of carboxylic acids is 1. The topological polar surface area (TPSA) is 46.5 Å². The van der Waals surface area contributed by atoms with Gasteiger partial charge < -0.3 is 9.84 Å². The van der Waals surface area contributed by atoms with Crippen molar-refractivity contribution in [3.8, 4) is 0 Å². The number of aliphatic carboxylic acids is 1. The van der Waals surface area contributed by atoms with Crippen LogP contribution in [0.15, 0.2) is 0 Å². The Morgan fingerprint density at radius 2 is 2.00 bits per heavy atom. The molecule has 0 aromatic rings. The summed E-state index contributed by atoms with van der Waals surface area (Å²) in [6.45, 7) is 6.23. The van der Waals surface area contributed by atoms with Crippen molar-refractivity contribution >= 4 is 5.97 Å². The van der Waals surface area contributed by atoms with Gasteiger partial charge in [0.25, 0.3) is 0 Å². The van der Waals surface area contributed by atoms with E-state index in [-0.39, 0.29) is 0 Å². The maximum atomic E-state index is 10.2. The van der Waals surface area contributed by atoms with Crippen LogP contribution in [0.25, 0.3) is 0 Å². The van der Waals surface area contributed by atoms with Crippen molar-refractivity contribution in [3.63, 3.8) is 0 Å². The zero-order valence-corrected chi connectivity index (χ0v) is 7.33. The first-order valence-corrected chi connectivity index (χ1v) is 3.88. The molecule has 0 radical (unpaired) electrons. The fourth-order valence-corrected chi connectivity index (χ4v) is 0.552. The number of hydrogen-bond acceptors (Lipinski definition) is 2. The van der Waals surface area contributed by atoms with E-state index >= 15 is 0 Å². The first kappa shape index (κ1) is 10.4. The molecule has 0 saturated heterocycles. The van der Waals surface area contributed by atoms with Crippen LogP contribution in [-0.2, 0) is 9.53 Å². The average Bonchev–Trinajstić information content (AvgIpc) is 1.86. The van der Waals surface area contributed by atoms with E-state index in [4.69, 9.17) is 9.84 Å². The molecule has 0 aromatic heterocycles. The van der Waals surface area contributed by atoms with Crippen molar-refractivity contribution in [2.45, 2.75) is 33.3 Å². The molecule has 66 valence electrons. The van der Waals surface area contributed by atoms with Gasteiger partial charge in [0.05, 0.1) is 0 Å². The third-order valence-electron chi connectivity index (χ3n) is 1.41. The lowest BCUT2D eigenvalue weighted by Gasteiger charge is -2.09. The highest BCUT2D eigenvalue weighted by Gasteiger charge is 2.10. The van der Waals surface area contributed by atoms with Gasteiger partial charge in [-0.1, -0.05) is 13.8 Å². The normalized spacial score (nSPS) is 13.5.